The van der Waals surface area contributed by atoms with Crippen LogP contribution in [-0.4, -0.2) is 11.8 Å². The molecule has 1 heterocycles. The van der Waals surface area contributed by atoms with Gasteiger partial charge in [-0.3, -0.25) is 9.59 Å². The maximum Gasteiger partial charge on any atom is 0.416 e. The number of hydrogen-bond acceptors (Lipinski definition) is 3. The first-order chi connectivity index (χ1) is 12.3. The van der Waals surface area contributed by atoms with Gasteiger partial charge in [0.2, 0.25) is 0 Å². The Hall–Kier alpha value is -2.35. The summed E-state index contributed by atoms with van der Waals surface area (Å²) in [5.41, 5.74) is 5.62. The van der Waals surface area contributed by atoms with Crippen molar-refractivity contribution in [2.45, 2.75) is 38.3 Å². The van der Waals surface area contributed by atoms with Gasteiger partial charge in [0.1, 0.15) is 5.00 Å². The van der Waals surface area contributed by atoms with Crippen LogP contribution in [-0.2, 0) is 19.0 Å². The quantitative estimate of drug-likeness (QED) is 0.773. The average Bonchev–Trinajstić information content (AvgIpc) is 2.75. The van der Waals surface area contributed by atoms with Crippen LogP contribution in [0.25, 0.3) is 0 Å². The number of fused-ring (bicyclic) bond motifs is 1. The van der Waals surface area contributed by atoms with Crippen LogP contribution in [0.15, 0.2) is 24.3 Å². The highest BCUT2D eigenvalue weighted by Gasteiger charge is 2.31. The van der Waals surface area contributed by atoms with Crippen LogP contribution in [0.5, 0.6) is 0 Å². The third-order valence-corrected chi connectivity index (χ3v) is 5.55. The first-order valence-electron chi connectivity index (χ1n) is 8.20. The van der Waals surface area contributed by atoms with Crippen molar-refractivity contribution in [2.24, 2.45) is 5.73 Å². The van der Waals surface area contributed by atoms with Gasteiger partial charge in [-0.2, -0.15) is 13.2 Å². The first-order valence-corrected chi connectivity index (χ1v) is 9.02. The summed E-state index contributed by atoms with van der Waals surface area (Å²) in [6, 6.07) is 4.17. The van der Waals surface area contributed by atoms with Gasteiger partial charge in [-0.05, 0) is 49.4 Å². The Kier molecular flexibility index (Phi) is 5.04. The molecule has 0 radical (unpaired) electrons. The summed E-state index contributed by atoms with van der Waals surface area (Å²) in [4.78, 5) is 25.3. The van der Waals surface area contributed by atoms with Crippen molar-refractivity contribution in [3.05, 3.63) is 51.4 Å². The molecule has 2 amide bonds. The van der Waals surface area contributed by atoms with E-state index in [1.165, 1.54) is 23.5 Å². The highest BCUT2D eigenvalue weighted by atomic mass is 32.1. The largest absolute Gasteiger partial charge is 0.416 e. The Labute approximate surface area is 152 Å². The second-order valence-corrected chi connectivity index (χ2v) is 7.27. The van der Waals surface area contributed by atoms with E-state index in [0.717, 1.165) is 48.3 Å². The minimum atomic E-state index is -4.53. The number of nitrogens with one attached hydrogen (secondary N) is 1. The molecular weight excluding hydrogens is 365 g/mol. The standard InChI is InChI=1S/C18H17F3N2O2S/c19-18(20,21)11-6-4-5-10(9-11)16(25)23-17-14(15(22)24)12-7-2-1-3-8-13(12)26-17/h4-6,9H,1-3,7-8H2,(H2,22,24)(H,23,25). The highest BCUT2D eigenvalue weighted by Crippen LogP contribution is 2.37. The summed E-state index contributed by atoms with van der Waals surface area (Å²) in [6.45, 7) is 0. The van der Waals surface area contributed by atoms with Crippen molar-refractivity contribution in [2.75, 3.05) is 5.32 Å². The topological polar surface area (TPSA) is 72.2 Å². The lowest BCUT2D eigenvalue weighted by atomic mass is 10.0. The third-order valence-electron chi connectivity index (χ3n) is 4.35. The number of hydrogen-bond donors (Lipinski definition) is 2. The van der Waals surface area contributed by atoms with E-state index in [0.29, 0.717) is 11.4 Å². The molecule has 0 spiro atoms. The third kappa shape index (κ3) is 3.75. The lowest BCUT2D eigenvalue weighted by molar-refractivity contribution is -0.137. The van der Waals surface area contributed by atoms with E-state index in [2.05, 4.69) is 5.32 Å². The molecule has 0 fully saturated rings. The number of amides is 2. The van der Waals surface area contributed by atoms with Crippen LogP contribution in [0.1, 0.15) is 56.0 Å². The number of nitrogens with two attached hydrogens (primary N) is 1. The van der Waals surface area contributed by atoms with Gasteiger partial charge < -0.3 is 11.1 Å². The summed E-state index contributed by atoms with van der Waals surface area (Å²) >= 11 is 1.28. The highest BCUT2D eigenvalue weighted by molar-refractivity contribution is 7.17. The van der Waals surface area contributed by atoms with Crippen LogP contribution >= 0.6 is 11.3 Å². The van der Waals surface area contributed by atoms with Crippen molar-refractivity contribution in [3.63, 3.8) is 0 Å². The molecule has 2 aromatic rings. The maximum atomic E-state index is 12.8. The molecule has 26 heavy (non-hydrogen) atoms. The zero-order valence-electron chi connectivity index (χ0n) is 13.8. The van der Waals surface area contributed by atoms with E-state index in [9.17, 15) is 22.8 Å². The molecule has 1 aromatic carbocycles. The van der Waals surface area contributed by atoms with Gasteiger partial charge >= 0.3 is 6.18 Å². The van der Waals surface area contributed by atoms with Crippen LogP contribution < -0.4 is 11.1 Å². The molecule has 0 bridgehead atoms. The molecule has 1 aliphatic rings. The van der Waals surface area contributed by atoms with Gasteiger partial charge in [-0.25, -0.2) is 0 Å². The Morgan fingerprint density at radius 2 is 1.85 bits per heavy atom. The summed E-state index contributed by atoms with van der Waals surface area (Å²) < 4.78 is 38.5. The van der Waals surface area contributed by atoms with Gasteiger partial charge in [-0.1, -0.05) is 12.5 Å². The van der Waals surface area contributed by atoms with Crippen LogP contribution in [0.4, 0.5) is 18.2 Å². The molecule has 0 unspecified atom stereocenters. The zero-order chi connectivity index (χ0) is 18.9. The second-order valence-electron chi connectivity index (χ2n) is 6.17. The predicted octanol–water partition coefficient (Wildman–Crippen LogP) is 4.39. The molecule has 3 N–H and O–H groups in total. The molecule has 3 rings (SSSR count). The minimum Gasteiger partial charge on any atom is -0.365 e. The number of anilines is 1. The maximum absolute atomic E-state index is 12.8. The second kappa shape index (κ2) is 7.11. The molecule has 4 nitrogen and oxygen atoms in total. The van der Waals surface area contributed by atoms with Gasteiger partial charge in [0.25, 0.3) is 11.8 Å². The lowest BCUT2D eigenvalue weighted by Crippen LogP contribution is -2.18. The van der Waals surface area contributed by atoms with Crippen LogP contribution in [0.2, 0.25) is 0 Å². The molecular formula is C18H17F3N2O2S. The number of aryl methyl sites for hydroxylation is 1. The smallest absolute Gasteiger partial charge is 0.365 e. The number of benzene rings is 1. The number of thiophene rings is 1. The Morgan fingerprint density at radius 1 is 1.12 bits per heavy atom. The molecule has 138 valence electrons. The molecule has 0 saturated heterocycles. The normalized spacial score (nSPS) is 14.4. The fourth-order valence-electron chi connectivity index (χ4n) is 3.10. The number of rotatable bonds is 3. The fraction of sp³-hybridized carbons (Fsp3) is 0.333. The first kappa shape index (κ1) is 18.4. The minimum absolute atomic E-state index is 0.126. The lowest BCUT2D eigenvalue weighted by Gasteiger charge is -2.09. The Bertz CT molecular complexity index is 859. The molecule has 1 aliphatic carbocycles. The van der Waals surface area contributed by atoms with E-state index >= 15 is 0 Å². The Morgan fingerprint density at radius 3 is 2.54 bits per heavy atom. The number of halogens is 3. The van der Waals surface area contributed by atoms with Gasteiger partial charge in [0.15, 0.2) is 0 Å². The Balaban J connectivity index is 1.92. The van der Waals surface area contributed by atoms with Crippen molar-refractivity contribution in [1.29, 1.82) is 0 Å². The van der Waals surface area contributed by atoms with Crippen LogP contribution in [0, 0.1) is 0 Å². The number of primary amides is 1. The van der Waals surface area contributed by atoms with Crippen molar-refractivity contribution in [3.8, 4) is 0 Å². The predicted molar refractivity (Wildman–Crippen MR) is 93.5 cm³/mol. The molecule has 8 heteroatoms. The van der Waals surface area contributed by atoms with Gasteiger partial charge in [0, 0.05) is 10.4 Å². The van der Waals surface area contributed by atoms with E-state index < -0.39 is 23.6 Å². The summed E-state index contributed by atoms with van der Waals surface area (Å²) in [7, 11) is 0. The van der Waals surface area contributed by atoms with Crippen molar-refractivity contribution >= 4 is 28.2 Å². The van der Waals surface area contributed by atoms with E-state index in [4.69, 9.17) is 5.73 Å². The molecule has 1 aromatic heterocycles. The number of carbonyl (C=O) groups excluding carboxylic acids is 2. The van der Waals surface area contributed by atoms with Crippen molar-refractivity contribution < 1.29 is 22.8 Å². The van der Waals surface area contributed by atoms with Gasteiger partial charge in [0.05, 0.1) is 11.1 Å². The fourth-order valence-corrected chi connectivity index (χ4v) is 4.39. The van der Waals surface area contributed by atoms with Crippen LogP contribution in [0.3, 0.4) is 0 Å². The van der Waals surface area contributed by atoms with Crippen molar-refractivity contribution in [1.82, 2.24) is 0 Å². The van der Waals surface area contributed by atoms with E-state index in [1.807, 2.05) is 0 Å². The summed E-state index contributed by atoms with van der Waals surface area (Å²) in [5, 5.41) is 2.89. The molecule has 0 aliphatic heterocycles. The SMILES string of the molecule is NC(=O)c1c(NC(=O)c2cccc(C(F)(F)F)c2)sc2c1CCCCC2. The number of alkyl halides is 3. The number of carbonyl (C=O) groups is 2. The van der Waals surface area contributed by atoms with Gasteiger partial charge in [-0.15, -0.1) is 11.3 Å². The summed E-state index contributed by atoms with van der Waals surface area (Å²) in [6.07, 6.45) is -0.0263. The summed E-state index contributed by atoms with van der Waals surface area (Å²) in [5.74, 6) is -1.33. The molecule has 0 atom stereocenters. The van der Waals surface area contributed by atoms with E-state index in [-0.39, 0.29) is 11.1 Å². The molecule has 0 saturated carbocycles. The van der Waals surface area contributed by atoms with E-state index in [1.54, 1.807) is 0 Å². The zero-order valence-corrected chi connectivity index (χ0v) is 14.6. The average molecular weight is 382 g/mol. The monoisotopic (exact) mass is 382 g/mol.